The van der Waals surface area contributed by atoms with Crippen molar-refractivity contribution in [3.63, 3.8) is 0 Å². The van der Waals surface area contributed by atoms with Gasteiger partial charge in [-0.2, -0.15) is 0 Å². The molecule has 2 rings (SSSR count). The van der Waals surface area contributed by atoms with Crippen LogP contribution in [0.1, 0.15) is 43.5 Å². The van der Waals surface area contributed by atoms with E-state index >= 15 is 0 Å². The molecule has 0 bridgehead atoms. The molecular formula is C16H21ClO2. The molecule has 1 aliphatic carbocycles. The van der Waals surface area contributed by atoms with Crippen LogP contribution in [-0.2, 0) is 0 Å². The van der Waals surface area contributed by atoms with Gasteiger partial charge in [-0.1, -0.05) is 25.4 Å². The highest BCUT2D eigenvalue weighted by atomic mass is 35.5. The highest BCUT2D eigenvalue weighted by Gasteiger charge is 2.30. The Morgan fingerprint density at radius 3 is 2.63 bits per heavy atom. The van der Waals surface area contributed by atoms with Gasteiger partial charge >= 0.3 is 0 Å². The minimum Gasteiger partial charge on any atom is -0.496 e. The molecular weight excluding hydrogens is 260 g/mol. The maximum atomic E-state index is 12.6. The van der Waals surface area contributed by atoms with Gasteiger partial charge in [-0.3, -0.25) is 4.79 Å². The lowest BCUT2D eigenvalue weighted by Crippen LogP contribution is -2.26. The van der Waals surface area contributed by atoms with Crippen molar-refractivity contribution in [1.29, 1.82) is 0 Å². The van der Waals surface area contributed by atoms with Gasteiger partial charge in [0.15, 0.2) is 5.78 Å². The van der Waals surface area contributed by atoms with Crippen molar-refractivity contribution >= 4 is 17.4 Å². The average molecular weight is 281 g/mol. The molecule has 0 aliphatic heterocycles. The number of halogens is 1. The number of carbonyl (C=O) groups is 1. The Bertz CT molecular complexity index is 470. The summed E-state index contributed by atoms with van der Waals surface area (Å²) in [4.78, 5) is 12.6. The predicted molar refractivity (Wildman–Crippen MR) is 78.0 cm³/mol. The third-order valence-electron chi connectivity index (χ3n) is 4.40. The largest absolute Gasteiger partial charge is 0.496 e. The molecule has 0 heterocycles. The van der Waals surface area contributed by atoms with E-state index in [9.17, 15) is 4.79 Å². The fourth-order valence-corrected chi connectivity index (χ4v) is 3.05. The molecule has 0 saturated heterocycles. The number of hydrogen-bond donors (Lipinski definition) is 0. The van der Waals surface area contributed by atoms with E-state index in [0.717, 1.165) is 19.3 Å². The Morgan fingerprint density at radius 2 is 2.00 bits per heavy atom. The zero-order valence-corrected chi connectivity index (χ0v) is 12.5. The van der Waals surface area contributed by atoms with E-state index in [-0.39, 0.29) is 11.7 Å². The normalized spacial score (nSPS) is 27.1. The van der Waals surface area contributed by atoms with Gasteiger partial charge in [0, 0.05) is 10.9 Å². The first kappa shape index (κ1) is 14.4. The van der Waals surface area contributed by atoms with Crippen molar-refractivity contribution in [3.8, 4) is 5.75 Å². The summed E-state index contributed by atoms with van der Waals surface area (Å²) >= 11 is 6.00. The molecule has 0 radical (unpaired) electrons. The fourth-order valence-electron chi connectivity index (χ4n) is 2.88. The van der Waals surface area contributed by atoms with Crippen molar-refractivity contribution in [3.05, 3.63) is 28.8 Å². The minimum absolute atomic E-state index is 0.110. The highest BCUT2D eigenvalue weighted by molar-refractivity contribution is 6.31. The smallest absolute Gasteiger partial charge is 0.169 e. The second kappa shape index (κ2) is 5.96. The Hall–Kier alpha value is -1.02. The summed E-state index contributed by atoms with van der Waals surface area (Å²) < 4.78 is 5.28. The van der Waals surface area contributed by atoms with Crippen molar-refractivity contribution in [1.82, 2.24) is 0 Å². The monoisotopic (exact) mass is 280 g/mol. The summed E-state index contributed by atoms with van der Waals surface area (Å²) in [5.74, 6) is 2.23. The third kappa shape index (κ3) is 3.11. The number of benzene rings is 1. The lowest BCUT2D eigenvalue weighted by Gasteiger charge is -2.31. The molecule has 3 unspecified atom stereocenters. The van der Waals surface area contributed by atoms with Crippen LogP contribution in [0.25, 0.3) is 0 Å². The van der Waals surface area contributed by atoms with Gasteiger partial charge in [0.25, 0.3) is 0 Å². The number of methoxy groups -OCH3 is 1. The Labute approximate surface area is 120 Å². The molecule has 1 fully saturated rings. The van der Waals surface area contributed by atoms with E-state index in [0.29, 0.717) is 28.2 Å². The summed E-state index contributed by atoms with van der Waals surface area (Å²) in [6, 6.07) is 5.25. The van der Waals surface area contributed by atoms with E-state index in [4.69, 9.17) is 16.3 Å². The summed E-state index contributed by atoms with van der Waals surface area (Å²) in [6.07, 6.45) is 3.07. The molecule has 3 atom stereocenters. The van der Waals surface area contributed by atoms with E-state index in [1.165, 1.54) is 0 Å². The van der Waals surface area contributed by atoms with Crippen LogP contribution in [0, 0.1) is 17.8 Å². The van der Waals surface area contributed by atoms with Crippen molar-refractivity contribution < 1.29 is 9.53 Å². The molecule has 2 nitrogen and oxygen atoms in total. The van der Waals surface area contributed by atoms with Crippen LogP contribution in [-0.4, -0.2) is 12.9 Å². The second-order valence-electron chi connectivity index (χ2n) is 5.67. The number of Topliss-reactive ketones (excluding diaryl/α,β-unsaturated/α-hetero) is 1. The zero-order chi connectivity index (χ0) is 14.0. The predicted octanol–water partition coefficient (Wildman–Crippen LogP) is 4.60. The number of rotatable bonds is 3. The molecule has 104 valence electrons. The van der Waals surface area contributed by atoms with Crippen molar-refractivity contribution in [2.24, 2.45) is 17.8 Å². The fraction of sp³-hybridized carbons (Fsp3) is 0.562. The van der Waals surface area contributed by atoms with Crippen LogP contribution in [0.15, 0.2) is 18.2 Å². The SMILES string of the molecule is COc1ccc(Cl)cc1C(=O)C1CCC(C)C(C)C1. The molecule has 0 aromatic heterocycles. The van der Waals surface area contributed by atoms with E-state index < -0.39 is 0 Å². The number of carbonyl (C=O) groups excluding carboxylic acids is 1. The minimum atomic E-state index is 0.110. The van der Waals surface area contributed by atoms with Crippen molar-refractivity contribution in [2.45, 2.75) is 33.1 Å². The lowest BCUT2D eigenvalue weighted by atomic mass is 9.73. The first-order valence-corrected chi connectivity index (χ1v) is 7.28. The van der Waals surface area contributed by atoms with Gasteiger partial charge in [0.1, 0.15) is 5.75 Å². The molecule has 0 N–H and O–H groups in total. The zero-order valence-electron chi connectivity index (χ0n) is 11.8. The summed E-state index contributed by atoms with van der Waals surface area (Å²) in [5, 5.41) is 0.585. The van der Waals surface area contributed by atoms with Gasteiger partial charge < -0.3 is 4.74 Å². The Kier molecular flexibility index (Phi) is 4.51. The van der Waals surface area contributed by atoms with Crippen LogP contribution in [0.3, 0.4) is 0 Å². The standard InChI is InChI=1S/C16H21ClO2/c1-10-4-5-12(8-11(10)2)16(18)14-9-13(17)6-7-15(14)19-3/h6-7,9-12H,4-5,8H2,1-3H3. The van der Waals surface area contributed by atoms with Gasteiger partial charge in [0.2, 0.25) is 0 Å². The Balaban J connectivity index is 2.22. The van der Waals surface area contributed by atoms with E-state index in [1.54, 1.807) is 25.3 Å². The van der Waals surface area contributed by atoms with Crippen LogP contribution >= 0.6 is 11.6 Å². The van der Waals surface area contributed by atoms with Gasteiger partial charge in [-0.25, -0.2) is 0 Å². The van der Waals surface area contributed by atoms with Crippen LogP contribution in [0.5, 0.6) is 5.75 Å². The molecule has 0 spiro atoms. The molecule has 1 aromatic carbocycles. The molecule has 19 heavy (non-hydrogen) atoms. The maximum Gasteiger partial charge on any atom is 0.169 e. The van der Waals surface area contributed by atoms with Crippen molar-refractivity contribution in [2.75, 3.05) is 7.11 Å². The number of ketones is 1. The molecule has 1 aliphatic rings. The van der Waals surface area contributed by atoms with Gasteiger partial charge in [-0.15, -0.1) is 0 Å². The summed E-state index contributed by atoms with van der Waals surface area (Å²) in [5.41, 5.74) is 0.627. The van der Waals surface area contributed by atoms with Crippen LogP contribution in [0.2, 0.25) is 5.02 Å². The maximum absolute atomic E-state index is 12.6. The van der Waals surface area contributed by atoms with E-state index in [2.05, 4.69) is 13.8 Å². The number of ether oxygens (including phenoxy) is 1. The second-order valence-corrected chi connectivity index (χ2v) is 6.11. The van der Waals surface area contributed by atoms with E-state index in [1.807, 2.05) is 0 Å². The quantitative estimate of drug-likeness (QED) is 0.756. The first-order valence-electron chi connectivity index (χ1n) is 6.90. The molecule has 0 amide bonds. The van der Waals surface area contributed by atoms with Crippen LogP contribution in [0.4, 0.5) is 0 Å². The molecule has 3 heteroatoms. The Morgan fingerprint density at radius 1 is 1.26 bits per heavy atom. The topological polar surface area (TPSA) is 26.3 Å². The highest BCUT2D eigenvalue weighted by Crippen LogP contribution is 2.36. The number of hydrogen-bond acceptors (Lipinski definition) is 2. The lowest BCUT2D eigenvalue weighted by molar-refractivity contribution is 0.0834. The summed E-state index contributed by atoms with van der Waals surface area (Å²) in [7, 11) is 1.59. The van der Waals surface area contributed by atoms with Gasteiger partial charge in [-0.05, 0) is 49.3 Å². The van der Waals surface area contributed by atoms with Crippen LogP contribution < -0.4 is 4.74 Å². The molecule has 1 aromatic rings. The average Bonchev–Trinajstić information content (AvgIpc) is 2.41. The third-order valence-corrected chi connectivity index (χ3v) is 4.63. The first-order chi connectivity index (χ1) is 9.02. The summed E-state index contributed by atoms with van der Waals surface area (Å²) in [6.45, 7) is 4.50. The van der Waals surface area contributed by atoms with Gasteiger partial charge in [0.05, 0.1) is 12.7 Å². The molecule has 1 saturated carbocycles.